The van der Waals surface area contributed by atoms with Crippen molar-refractivity contribution in [3.05, 3.63) is 70.7 Å². The molecule has 4 rings (SSSR count). The molecule has 0 saturated heterocycles. The Kier molecular flexibility index (Phi) is 4.04. The van der Waals surface area contributed by atoms with Crippen molar-refractivity contribution in [2.75, 3.05) is 5.32 Å². The Labute approximate surface area is 175 Å². The molecule has 1 N–H and O–H groups in total. The number of pyridine rings is 1. The summed E-state index contributed by atoms with van der Waals surface area (Å²) in [5.74, 6) is -0.633. The van der Waals surface area contributed by atoms with Crippen LogP contribution >= 0.6 is 11.3 Å². The topological polar surface area (TPSA) is 89.8 Å². The summed E-state index contributed by atoms with van der Waals surface area (Å²) in [7, 11) is 0. The second-order valence-electron chi connectivity index (χ2n) is 6.71. The summed E-state index contributed by atoms with van der Waals surface area (Å²) in [6.07, 6.45) is 4.70. The molecular formula is C21H19N5O2S. The van der Waals surface area contributed by atoms with Crippen LogP contribution in [0, 0.1) is 6.85 Å². The predicted molar refractivity (Wildman–Crippen MR) is 114 cm³/mol. The quantitative estimate of drug-likeness (QED) is 0.550. The maximum Gasteiger partial charge on any atom is 0.257 e. The standard InChI is InChI=1S/C21H19N5O2S/c1-12(2)26-7-6-15(9-19(26)27)20(28)25-21-23-11-18(29-21)14-4-5-16-10-22-13(3)24-17(16)8-14/h4-12H,1-3H3,(H,23,25,28)/i3D3. The number of carbonyl (C=O) groups is 1. The minimum atomic E-state index is -2.39. The van der Waals surface area contributed by atoms with Crippen LogP contribution in [0.3, 0.4) is 0 Å². The molecule has 0 aliphatic carbocycles. The van der Waals surface area contributed by atoms with Crippen molar-refractivity contribution in [3.63, 3.8) is 0 Å². The third kappa shape index (κ3) is 3.93. The van der Waals surface area contributed by atoms with Gasteiger partial charge in [0.05, 0.1) is 10.4 Å². The van der Waals surface area contributed by atoms with E-state index in [1.807, 2.05) is 19.9 Å². The minimum Gasteiger partial charge on any atom is -0.313 e. The molecule has 0 aliphatic heterocycles. The number of nitrogens with zero attached hydrogens (tertiary/aromatic N) is 4. The molecule has 3 aromatic heterocycles. The summed E-state index contributed by atoms with van der Waals surface area (Å²) in [6, 6.07) is 8.31. The molecule has 0 aliphatic rings. The third-order valence-corrected chi connectivity index (χ3v) is 5.32. The number of aryl methyl sites for hydroxylation is 1. The predicted octanol–water partition coefficient (Wildman–Crippen LogP) is 4.06. The first-order valence-electron chi connectivity index (χ1n) is 10.4. The highest BCUT2D eigenvalue weighted by atomic mass is 32.1. The number of hydrogen-bond acceptors (Lipinski definition) is 6. The van der Waals surface area contributed by atoms with Gasteiger partial charge in [-0.05, 0) is 38.4 Å². The maximum absolute atomic E-state index is 12.5. The summed E-state index contributed by atoms with van der Waals surface area (Å²) in [5, 5.41) is 3.81. The zero-order chi connectivity index (χ0) is 23.0. The van der Waals surface area contributed by atoms with Gasteiger partial charge in [0.2, 0.25) is 0 Å². The minimum absolute atomic E-state index is 0.00389. The molecule has 1 aromatic carbocycles. The third-order valence-electron chi connectivity index (χ3n) is 4.36. The molecule has 0 unspecified atom stereocenters. The molecule has 8 heteroatoms. The van der Waals surface area contributed by atoms with Crippen molar-refractivity contribution in [1.29, 1.82) is 0 Å². The lowest BCUT2D eigenvalue weighted by Gasteiger charge is -2.09. The maximum atomic E-state index is 12.5. The summed E-state index contributed by atoms with van der Waals surface area (Å²) < 4.78 is 24.0. The number of benzene rings is 1. The largest absolute Gasteiger partial charge is 0.313 e. The number of nitrogens with one attached hydrogen (secondary N) is 1. The fraction of sp³-hybridized carbons (Fsp3) is 0.190. The van der Waals surface area contributed by atoms with E-state index < -0.39 is 12.8 Å². The van der Waals surface area contributed by atoms with E-state index in [1.54, 1.807) is 35.2 Å². The van der Waals surface area contributed by atoms with E-state index >= 15 is 0 Å². The summed E-state index contributed by atoms with van der Waals surface area (Å²) in [5.41, 5.74) is 1.30. The van der Waals surface area contributed by atoms with E-state index in [4.69, 9.17) is 4.11 Å². The Balaban J connectivity index is 1.57. The number of anilines is 1. The van der Waals surface area contributed by atoms with Crippen LogP contribution < -0.4 is 10.9 Å². The van der Waals surface area contributed by atoms with E-state index in [9.17, 15) is 9.59 Å². The lowest BCUT2D eigenvalue weighted by molar-refractivity contribution is 0.102. The average molecular weight is 409 g/mol. The van der Waals surface area contributed by atoms with Crippen LogP contribution in [-0.4, -0.2) is 25.4 Å². The van der Waals surface area contributed by atoms with Crippen LogP contribution in [0.2, 0.25) is 0 Å². The summed E-state index contributed by atoms with van der Waals surface area (Å²) >= 11 is 1.26. The number of amides is 1. The first-order chi connectivity index (χ1) is 15.1. The van der Waals surface area contributed by atoms with E-state index in [2.05, 4.69) is 20.3 Å². The molecular weight excluding hydrogens is 386 g/mol. The van der Waals surface area contributed by atoms with Crippen molar-refractivity contribution in [2.45, 2.75) is 26.7 Å². The fourth-order valence-corrected chi connectivity index (χ4v) is 3.68. The Morgan fingerprint density at radius 3 is 2.83 bits per heavy atom. The zero-order valence-corrected chi connectivity index (χ0v) is 16.5. The van der Waals surface area contributed by atoms with Gasteiger partial charge in [-0.3, -0.25) is 14.9 Å². The number of hydrogen-bond donors (Lipinski definition) is 1. The van der Waals surface area contributed by atoms with E-state index in [0.29, 0.717) is 10.6 Å². The monoisotopic (exact) mass is 408 g/mol. The highest BCUT2D eigenvalue weighted by Gasteiger charge is 2.12. The number of thiazole rings is 1. The Morgan fingerprint density at radius 2 is 2.07 bits per heavy atom. The van der Waals surface area contributed by atoms with Crippen LogP contribution in [-0.2, 0) is 0 Å². The van der Waals surface area contributed by atoms with Crippen LogP contribution in [0.1, 0.15) is 40.2 Å². The zero-order valence-electron chi connectivity index (χ0n) is 18.7. The van der Waals surface area contributed by atoms with Gasteiger partial charge in [0.1, 0.15) is 5.82 Å². The molecule has 1 amide bonds. The van der Waals surface area contributed by atoms with Gasteiger partial charge in [0, 0.05) is 45.8 Å². The molecule has 0 saturated carbocycles. The Bertz CT molecular complexity index is 1380. The molecule has 4 aromatic rings. The average Bonchev–Trinajstić information content (AvgIpc) is 3.20. The molecule has 7 nitrogen and oxygen atoms in total. The van der Waals surface area contributed by atoms with Crippen molar-refractivity contribution in [3.8, 4) is 10.4 Å². The molecule has 146 valence electrons. The number of carbonyl (C=O) groups excluding carboxylic acids is 1. The van der Waals surface area contributed by atoms with Crippen molar-refractivity contribution in [1.82, 2.24) is 19.5 Å². The van der Waals surface area contributed by atoms with Gasteiger partial charge in [-0.1, -0.05) is 23.5 Å². The van der Waals surface area contributed by atoms with Gasteiger partial charge < -0.3 is 4.57 Å². The number of rotatable bonds is 4. The van der Waals surface area contributed by atoms with Gasteiger partial charge in [0.25, 0.3) is 11.5 Å². The molecule has 0 atom stereocenters. The van der Waals surface area contributed by atoms with Crippen molar-refractivity contribution in [2.24, 2.45) is 0 Å². The number of fused-ring (bicyclic) bond motifs is 1. The van der Waals surface area contributed by atoms with Gasteiger partial charge in [-0.25, -0.2) is 15.0 Å². The molecule has 0 bridgehead atoms. The highest BCUT2D eigenvalue weighted by molar-refractivity contribution is 7.19. The van der Waals surface area contributed by atoms with E-state index in [-0.39, 0.29) is 23.0 Å². The van der Waals surface area contributed by atoms with Gasteiger partial charge >= 0.3 is 0 Å². The van der Waals surface area contributed by atoms with Gasteiger partial charge in [-0.15, -0.1) is 0 Å². The van der Waals surface area contributed by atoms with Crippen LogP contribution in [0.4, 0.5) is 5.13 Å². The highest BCUT2D eigenvalue weighted by Crippen LogP contribution is 2.30. The van der Waals surface area contributed by atoms with Gasteiger partial charge in [0.15, 0.2) is 5.13 Å². The van der Waals surface area contributed by atoms with Crippen LogP contribution in [0.15, 0.2) is 53.7 Å². The summed E-state index contributed by atoms with van der Waals surface area (Å²) in [6.45, 7) is 1.39. The SMILES string of the molecule is [2H]C([2H])([2H])c1ncc2ccc(-c3cnc(NC(=O)c4ccn(C(C)C)c(=O)c4)s3)cc2n1. The molecule has 0 spiro atoms. The second-order valence-corrected chi connectivity index (χ2v) is 7.74. The second kappa shape index (κ2) is 7.56. The van der Waals surface area contributed by atoms with E-state index in [0.717, 1.165) is 15.8 Å². The first-order valence-corrected chi connectivity index (χ1v) is 9.70. The Hall–Kier alpha value is -3.39. The molecule has 0 radical (unpaired) electrons. The lowest BCUT2D eigenvalue weighted by Crippen LogP contribution is -2.23. The van der Waals surface area contributed by atoms with Crippen LogP contribution in [0.5, 0.6) is 0 Å². The van der Waals surface area contributed by atoms with Crippen molar-refractivity contribution < 1.29 is 8.91 Å². The lowest BCUT2D eigenvalue weighted by atomic mass is 10.1. The first kappa shape index (κ1) is 15.5. The smallest absolute Gasteiger partial charge is 0.257 e. The fourth-order valence-electron chi connectivity index (χ4n) is 2.87. The van der Waals surface area contributed by atoms with E-state index in [1.165, 1.54) is 23.6 Å². The molecule has 0 fully saturated rings. The Morgan fingerprint density at radius 1 is 1.21 bits per heavy atom. The van der Waals surface area contributed by atoms with Crippen molar-refractivity contribution >= 4 is 33.3 Å². The van der Waals surface area contributed by atoms with Crippen LogP contribution in [0.25, 0.3) is 21.3 Å². The molecule has 29 heavy (non-hydrogen) atoms. The number of aromatic nitrogens is 4. The van der Waals surface area contributed by atoms with Gasteiger partial charge in [-0.2, -0.15) is 0 Å². The summed E-state index contributed by atoms with van der Waals surface area (Å²) in [4.78, 5) is 37.8. The normalized spacial score (nSPS) is 13.1. The molecule has 3 heterocycles.